The van der Waals surface area contributed by atoms with E-state index in [4.69, 9.17) is 4.74 Å². The summed E-state index contributed by atoms with van der Waals surface area (Å²) in [6.07, 6.45) is 1.67. The van der Waals surface area contributed by atoms with Crippen molar-refractivity contribution in [3.63, 3.8) is 0 Å². The largest absolute Gasteiger partial charge is 0.497 e. The molecule has 3 rings (SSSR count). The number of fused-ring (bicyclic) bond motifs is 1. The molecule has 2 aromatic rings. The molecular weight excluding hydrogens is 296 g/mol. The normalized spacial score (nSPS) is 17.6. The molecule has 0 fully saturated rings. The summed E-state index contributed by atoms with van der Waals surface area (Å²) in [6.45, 7) is 3.43. The van der Waals surface area contributed by atoms with Crippen LogP contribution >= 0.6 is 0 Å². The Hall–Kier alpha value is -2.48. The Kier molecular flexibility index (Phi) is 4.24. The molecule has 0 spiro atoms. The van der Waals surface area contributed by atoms with E-state index in [0.29, 0.717) is 19.6 Å². The highest BCUT2D eigenvalue weighted by Crippen LogP contribution is 2.16. The van der Waals surface area contributed by atoms with E-state index in [9.17, 15) is 4.79 Å². The number of nitrogens with one attached hydrogen (secondary N) is 1. The Labute approximate surface area is 134 Å². The highest BCUT2D eigenvalue weighted by molar-refractivity contribution is 5.81. The third kappa shape index (κ3) is 3.16. The fourth-order valence-corrected chi connectivity index (χ4v) is 2.68. The number of aryl methyl sites for hydroxylation is 1. The minimum atomic E-state index is -0.247. The van der Waals surface area contributed by atoms with Crippen molar-refractivity contribution in [1.82, 2.24) is 30.0 Å². The van der Waals surface area contributed by atoms with E-state index in [1.807, 2.05) is 29.5 Å². The van der Waals surface area contributed by atoms with Crippen LogP contribution in [-0.4, -0.2) is 50.8 Å². The van der Waals surface area contributed by atoms with Gasteiger partial charge in [0.25, 0.3) is 0 Å². The van der Waals surface area contributed by atoms with Crippen molar-refractivity contribution in [2.45, 2.75) is 32.6 Å². The molecule has 0 saturated heterocycles. The SMILES string of the molecule is COc1ccnc(CNC(=O)C2Cn3c(C)nnc3CN2C)c1. The number of hydrogen-bond donors (Lipinski definition) is 1. The molecule has 2 aromatic heterocycles. The van der Waals surface area contributed by atoms with Crippen molar-refractivity contribution in [2.75, 3.05) is 14.2 Å². The Morgan fingerprint density at radius 2 is 2.30 bits per heavy atom. The summed E-state index contributed by atoms with van der Waals surface area (Å²) >= 11 is 0. The van der Waals surface area contributed by atoms with Crippen LogP contribution in [0.25, 0.3) is 0 Å². The summed E-state index contributed by atoms with van der Waals surface area (Å²) in [6, 6.07) is 3.34. The van der Waals surface area contributed by atoms with Crippen LogP contribution < -0.4 is 10.1 Å². The Morgan fingerprint density at radius 3 is 3.09 bits per heavy atom. The lowest BCUT2D eigenvalue weighted by atomic mass is 10.2. The average Bonchev–Trinajstić information content (AvgIpc) is 2.92. The summed E-state index contributed by atoms with van der Waals surface area (Å²) in [7, 11) is 3.52. The van der Waals surface area contributed by atoms with Crippen molar-refractivity contribution in [1.29, 1.82) is 0 Å². The van der Waals surface area contributed by atoms with Crippen LogP contribution in [0.3, 0.4) is 0 Å². The van der Waals surface area contributed by atoms with E-state index in [0.717, 1.165) is 23.1 Å². The van der Waals surface area contributed by atoms with E-state index in [1.165, 1.54) is 0 Å². The number of rotatable bonds is 4. The number of carbonyl (C=O) groups is 1. The van der Waals surface area contributed by atoms with E-state index >= 15 is 0 Å². The maximum Gasteiger partial charge on any atom is 0.239 e. The standard InChI is InChI=1S/C15H20N6O2/c1-10-18-19-14-9-20(2)13(8-21(10)14)15(22)17-7-11-6-12(23-3)4-5-16-11/h4-6,13H,7-9H2,1-3H3,(H,17,22). The van der Waals surface area contributed by atoms with Crippen LogP contribution in [0.4, 0.5) is 0 Å². The quantitative estimate of drug-likeness (QED) is 0.862. The fourth-order valence-electron chi connectivity index (χ4n) is 2.68. The summed E-state index contributed by atoms with van der Waals surface area (Å²) in [5.74, 6) is 2.42. The van der Waals surface area contributed by atoms with E-state index in [-0.39, 0.29) is 11.9 Å². The van der Waals surface area contributed by atoms with Gasteiger partial charge in [-0.1, -0.05) is 0 Å². The minimum absolute atomic E-state index is 0.0316. The summed E-state index contributed by atoms with van der Waals surface area (Å²) < 4.78 is 7.15. The van der Waals surface area contributed by atoms with Gasteiger partial charge in [-0.3, -0.25) is 14.7 Å². The van der Waals surface area contributed by atoms with Gasteiger partial charge >= 0.3 is 0 Å². The number of likely N-dealkylation sites (N-methyl/N-ethyl adjacent to an activating group) is 1. The number of amides is 1. The van der Waals surface area contributed by atoms with Crippen molar-refractivity contribution in [2.24, 2.45) is 0 Å². The molecule has 122 valence electrons. The van der Waals surface area contributed by atoms with Gasteiger partial charge in [0.1, 0.15) is 23.4 Å². The monoisotopic (exact) mass is 316 g/mol. The van der Waals surface area contributed by atoms with Crippen molar-refractivity contribution >= 4 is 5.91 Å². The number of carbonyl (C=O) groups excluding carboxylic acids is 1. The van der Waals surface area contributed by atoms with Crippen LogP contribution in [0.1, 0.15) is 17.3 Å². The first-order valence-electron chi connectivity index (χ1n) is 7.44. The Balaban J connectivity index is 1.65. The maximum atomic E-state index is 12.5. The van der Waals surface area contributed by atoms with Crippen molar-refractivity contribution in [3.8, 4) is 5.75 Å². The van der Waals surface area contributed by atoms with Gasteiger partial charge in [-0.15, -0.1) is 10.2 Å². The topological polar surface area (TPSA) is 85.2 Å². The molecule has 23 heavy (non-hydrogen) atoms. The number of methoxy groups -OCH3 is 1. The first-order valence-corrected chi connectivity index (χ1v) is 7.44. The zero-order chi connectivity index (χ0) is 16.4. The van der Waals surface area contributed by atoms with Gasteiger partial charge in [-0.2, -0.15) is 0 Å². The number of pyridine rings is 1. The van der Waals surface area contributed by atoms with Crippen molar-refractivity contribution in [3.05, 3.63) is 35.7 Å². The molecule has 1 unspecified atom stereocenters. The molecule has 1 aliphatic rings. The first-order chi connectivity index (χ1) is 11.1. The molecule has 0 bridgehead atoms. The van der Waals surface area contributed by atoms with Gasteiger partial charge in [0, 0.05) is 12.3 Å². The van der Waals surface area contributed by atoms with Crippen LogP contribution in [0, 0.1) is 6.92 Å². The smallest absolute Gasteiger partial charge is 0.239 e. The number of nitrogens with zero attached hydrogens (tertiary/aromatic N) is 5. The second-order valence-corrected chi connectivity index (χ2v) is 5.61. The molecule has 1 atom stereocenters. The second-order valence-electron chi connectivity index (χ2n) is 5.61. The highest BCUT2D eigenvalue weighted by atomic mass is 16.5. The number of aromatic nitrogens is 4. The minimum Gasteiger partial charge on any atom is -0.497 e. The predicted molar refractivity (Wildman–Crippen MR) is 82.6 cm³/mol. The van der Waals surface area contributed by atoms with Gasteiger partial charge in [0.2, 0.25) is 5.91 Å². The summed E-state index contributed by atoms with van der Waals surface area (Å²) in [5, 5.41) is 11.1. The third-order valence-electron chi connectivity index (χ3n) is 4.06. The lowest BCUT2D eigenvalue weighted by Crippen LogP contribution is -2.50. The Morgan fingerprint density at radius 1 is 1.48 bits per heavy atom. The van der Waals surface area contributed by atoms with Gasteiger partial charge in [-0.25, -0.2) is 0 Å². The highest BCUT2D eigenvalue weighted by Gasteiger charge is 2.30. The van der Waals surface area contributed by atoms with Gasteiger partial charge in [0.05, 0.1) is 32.4 Å². The molecule has 0 radical (unpaired) electrons. The van der Waals surface area contributed by atoms with Crippen LogP contribution in [0.2, 0.25) is 0 Å². The maximum absolute atomic E-state index is 12.5. The molecule has 8 heteroatoms. The van der Waals surface area contributed by atoms with Crippen molar-refractivity contribution < 1.29 is 9.53 Å². The lowest BCUT2D eigenvalue weighted by Gasteiger charge is -2.32. The molecule has 3 heterocycles. The number of ether oxygens (including phenoxy) is 1. The molecule has 1 aliphatic heterocycles. The zero-order valence-electron chi connectivity index (χ0n) is 13.5. The molecular formula is C15H20N6O2. The molecule has 8 nitrogen and oxygen atoms in total. The van der Waals surface area contributed by atoms with Crippen LogP contribution in [0.5, 0.6) is 5.75 Å². The van der Waals surface area contributed by atoms with Gasteiger partial charge in [-0.05, 0) is 20.0 Å². The van der Waals surface area contributed by atoms with Crippen LogP contribution in [0.15, 0.2) is 18.3 Å². The summed E-state index contributed by atoms with van der Waals surface area (Å²) in [4.78, 5) is 18.7. The lowest BCUT2D eigenvalue weighted by molar-refractivity contribution is -0.127. The van der Waals surface area contributed by atoms with E-state index in [2.05, 4.69) is 20.5 Å². The summed E-state index contributed by atoms with van der Waals surface area (Å²) in [5.41, 5.74) is 0.761. The number of hydrogen-bond acceptors (Lipinski definition) is 6. The van der Waals surface area contributed by atoms with Gasteiger partial charge in [0.15, 0.2) is 0 Å². The van der Waals surface area contributed by atoms with E-state index in [1.54, 1.807) is 19.4 Å². The molecule has 0 aliphatic carbocycles. The van der Waals surface area contributed by atoms with E-state index < -0.39 is 0 Å². The molecule has 1 N–H and O–H groups in total. The first kappa shape index (κ1) is 15.4. The predicted octanol–water partition coefficient (Wildman–Crippen LogP) is 0.121. The van der Waals surface area contributed by atoms with Gasteiger partial charge < -0.3 is 14.6 Å². The second kappa shape index (κ2) is 6.33. The molecule has 1 amide bonds. The van der Waals surface area contributed by atoms with Crippen LogP contribution in [-0.2, 0) is 24.4 Å². The molecule has 0 saturated carbocycles. The zero-order valence-corrected chi connectivity index (χ0v) is 13.5. The Bertz CT molecular complexity index is 714. The average molecular weight is 316 g/mol. The fraction of sp³-hybridized carbons (Fsp3) is 0.467. The third-order valence-corrected chi connectivity index (χ3v) is 4.06. The molecule has 0 aromatic carbocycles.